The molecule has 3 saturated carbocycles. The smallest absolute Gasteiger partial charge is 0.328 e. The molecule has 3 fully saturated rings. The number of aliphatic carboxylic acids is 1. The summed E-state index contributed by atoms with van der Waals surface area (Å²) in [6.07, 6.45) is 19.6. The summed E-state index contributed by atoms with van der Waals surface area (Å²) in [5.41, 5.74) is 3.26. The molecule has 5 heteroatoms. The highest BCUT2D eigenvalue weighted by atomic mass is 16.5. The number of ether oxygens (including phenoxy) is 1. The second-order valence-electron chi connectivity index (χ2n) is 14.8. The second-order valence-corrected chi connectivity index (χ2v) is 14.8. The maximum atomic E-state index is 10.2. The Balaban J connectivity index is 0.000000244. The van der Waals surface area contributed by atoms with E-state index in [0.717, 1.165) is 54.4 Å². The first-order valence-electron chi connectivity index (χ1n) is 16.5. The van der Waals surface area contributed by atoms with Crippen molar-refractivity contribution in [1.29, 1.82) is 0 Å². The number of phenols is 1. The van der Waals surface area contributed by atoms with Gasteiger partial charge in [-0.2, -0.15) is 0 Å². The van der Waals surface area contributed by atoms with Crippen LogP contribution in [-0.4, -0.2) is 34.5 Å². The second kappa shape index (κ2) is 13.6. The Hall–Kier alpha value is -2.27. The Bertz CT molecular complexity index is 1140. The fraction of sp³-hybridized carbons (Fsp3) is 0.703. The van der Waals surface area contributed by atoms with Crippen LogP contribution in [0, 0.1) is 46.3 Å². The first-order valence-corrected chi connectivity index (χ1v) is 16.5. The number of rotatable bonds is 8. The molecule has 42 heavy (non-hydrogen) atoms. The molecule has 4 aliphatic carbocycles. The van der Waals surface area contributed by atoms with Crippen molar-refractivity contribution in [1.82, 2.24) is 0 Å². The predicted octanol–water partition coefficient (Wildman–Crippen LogP) is 8.89. The molecule has 5 rings (SSSR count). The minimum absolute atomic E-state index is 0.0278. The first kappa shape index (κ1) is 32.6. The van der Waals surface area contributed by atoms with Crippen LogP contribution in [0.15, 0.2) is 35.9 Å². The maximum Gasteiger partial charge on any atom is 0.328 e. The molecule has 4 aliphatic rings. The van der Waals surface area contributed by atoms with Crippen LogP contribution < -0.4 is 4.74 Å². The lowest BCUT2D eigenvalue weighted by Crippen LogP contribution is -2.50. The van der Waals surface area contributed by atoms with Crippen LogP contribution in [0.5, 0.6) is 11.5 Å². The van der Waals surface area contributed by atoms with Crippen LogP contribution >= 0.6 is 0 Å². The number of fused-ring (bicyclic) bond motifs is 5. The Morgan fingerprint density at radius 1 is 1.07 bits per heavy atom. The largest absolute Gasteiger partial charge is 0.504 e. The molecule has 3 N–H and O–H groups in total. The quantitative estimate of drug-likeness (QED) is 0.211. The van der Waals surface area contributed by atoms with Crippen LogP contribution in [0.3, 0.4) is 0 Å². The molecule has 0 saturated heterocycles. The van der Waals surface area contributed by atoms with Gasteiger partial charge in [-0.25, -0.2) is 4.79 Å². The van der Waals surface area contributed by atoms with Crippen molar-refractivity contribution in [3.8, 4) is 11.5 Å². The van der Waals surface area contributed by atoms with Gasteiger partial charge in [0.05, 0.1) is 13.2 Å². The standard InChI is InChI=1S/C27H46O.C10H10O4/c1-18(2)7-6-8-19(3)23-11-12-24-22-10-9-20-17-21(28)13-15-26(20,4)25(22)14-16-27(23,24)5;1-14-9-6-7(2-4-8(9)11)3-5-10(12)13/h9,18-19,21-25,28H,6-8,10-17H2,1-5H3;2-6,11H,1H3,(H,12,13)/t19?,21-,22-,23+,24-,25-,26-,27+;/m0./s1. The van der Waals surface area contributed by atoms with Gasteiger partial charge in [0, 0.05) is 6.08 Å². The van der Waals surface area contributed by atoms with E-state index in [2.05, 4.69) is 40.7 Å². The van der Waals surface area contributed by atoms with Gasteiger partial charge in [-0.1, -0.05) is 71.6 Å². The molecule has 8 atom stereocenters. The molecule has 0 amide bonds. The molecular formula is C37H56O5. The first-order chi connectivity index (χ1) is 19.9. The zero-order chi connectivity index (χ0) is 30.7. The van der Waals surface area contributed by atoms with Gasteiger partial charge < -0.3 is 20.1 Å². The fourth-order valence-corrected chi connectivity index (χ4v) is 9.63. The number of benzene rings is 1. The summed E-state index contributed by atoms with van der Waals surface area (Å²) in [6, 6.07) is 4.59. The lowest BCUT2D eigenvalue weighted by Gasteiger charge is -2.58. The number of carboxylic acids is 1. The number of aliphatic hydroxyl groups is 1. The van der Waals surface area contributed by atoms with Crippen molar-refractivity contribution in [2.24, 2.45) is 46.3 Å². The Kier molecular flexibility index (Phi) is 10.5. The molecule has 0 bridgehead atoms. The third kappa shape index (κ3) is 6.93. The summed E-state index contributed by atoms with van der Waals surface area (Å²) in [7, 11) is 1.43. The lowest BCUT2D eigenvalue weighted by molar-refractivity contribution is -0.131. The van der Waals surface area contributed by atoms with Gasteiger partial charge in [-0.15, -0.1) is 0 Å². The van der Waals surface area contributed by atoms with Crippen molar-refractivity contribution in [2.45, 2.75) is 111 Å². The van der Waals surface area contributed by atoms with E-state index in [1.54, 1.807) is 17.7 Å². The SMILES string of the molecule is CC(C)CCCC(C)[C@H]1CC[C@H]2[C@@H]3CC=C4C[C@@H](O)CC[C@]4(C)[C@H]3CC[C@]12C.COc1cc(C=CC(=O)O)ccc1O. The van der Waals surface area contributed by atoms with Crippen LogP contribution in [0.25, 0.3) is 6.08 Å². The van der Waals surface area contributed by atoms with Crippen molar-refractivity contribution in [3.63, 3.8) is 0 Å². The highest BCUT2D eigenvalue weighted by Crippen LogP contribution is 2.67. The average molecular weight is 581 g/mol. The van der Waals surface area contributed by atoms with E-state index >= 15 is 0 Å². The van der Waals surface area contributed by atoms with Gasteiger partial charge in [0.1, 0.15) is 0 Å². The van der Waals surface area contributed by atoms with E-state index in [1.807, 2.05) is 0 Å². The summed E-state index contributed by atoms with van der Waals surface area (Å²) >= 11 is 0. The topological polar surface area (TPSA) is 87.0 Å². The minimum Gasteiger partial charge on any atom is -0.504 e. The molecule has 1 aromatic carbocycles. The zero-order valence-electron chi connectivity index (χ0n) is 26.9. The molecule has 0 radical (unpaired) electrons. The predicted molar refractivity (Wildman–Crippen MR) is 170 cm³/mol. The molecule has 1 unspecified atom stereocenters. The molecule has 0 spiro atoms. The summed E-state index contributed by atoms with van der Waals surface area (Å²) in [6.45, 7) is 12.6. The van der Waals surface area contributed by atoms with E-state index in [1.165, 1.54) is 77.0 Å². The van der Waals surface area contributed by atoms with E-state index in [9.17, 15) is 15.0 Å². The zero-order valence-corrected chi connectivity index (χ0v) is 26.9. The summed E-state index contributed by atoms with van der Waals surface area (Å²) in [4.78, 5) is 10.2. The van der Waals surface area contributed by atoms with Gasteiger partial charge in [0.25, 0.3) is 0 Å². The molecule has 5 nitrogen and oxygen atoms in total. The Morgan fingerprint density at radius 2 is 1.83 bits per heavy atom. The van der Waals surface area contributed by atoms with Gasteiger partial charge in [-0.05, 0) is 121 Å². The molecule has 1 aromatic rings. The number of carboxylic acid groups (broad SMARTS) is 1. The van der Waals surface area contributed by atoms with Gasteiger partial charge >= 0.3 is 5.97 Å². The number of methoxy groups -OCH3 is 1. The van der Waals surface area contributed by atoms with E-state index < -0.39 is 5.97 Å². The van der Waals surface area contributed by atoms with Crippen molar-refractivity contribution in [2.75, 3.05) is 7.11 Å². The normalized spacial score (nSPS) is 34.5. The molecule has 0 aromatic heterocycles. The van der Waals surface area contributed by atoms with E-state index in [-0.39, 0.29) is 11.9 Å². The number of hydrogen-bond donors (Lipinski definition) is 3. The van der Waals surface area contributed by atoms with Crippen LogP contribution in [0.2, 0.25) is 0 Å². The van der Waals surface area contributed by atoms with Crippen molar-refractivity contribution >= 4 is 12.0 Å². The third-order valence-corrected chi connectivity index (χ3v) is 11.9. The average Bonchev–Trinajstić information content (AvgIpc) is 3.30. The summed E-state index contributed by atoms with van der Waals surface area (Å²) in [5.74, 6) is 4.79. The number of allylic oxidation sites excluding steroid dienone is 1. The Morgan fingerprint density at radius 3 is 2.52 bits per heavy atom. The summed E-state index contributed by atoms with van der Waals surface area (Å²) in [5, 5.41) is 27.8. The third-order valence-electron chi connectivity index (χ3n) is 11.9. The van der Waals surface area contributed by atoms with Crippen molar-refractivity contribution in [3.05, 3.63) is 41.5 Å². The monoisotopic (exact) mass is 580 g/mol. The van der Waals surface area contributed by atoms with E-state index in [0.29, 0.717) is 22.1 Å². The molecule has 0 heterocycles. The minimum atomic E-state index is -1.02. The number of phenolic OH excluding ortho intramolecular Hbond substituents is 1. The van der Waals surface area contributed by atoms with Crippen LogP contribution in [-0.2, 0) is 4.79 Å². The molecule has 0 aliphatic heterocycles. The number of hydrogen-bond acceptors (Lipinski definition) is 4. The highest BCUT2D eigenvalue weighted by molar-refractivity contribution is 5.85. The molecule has 234 valence electrons. The molecular weight excluding hydrogens is 524 g/mol. The maximum absolute atomic E-state index is 10.2. The number of carbonyl (C=O) groups is 1. The van der Waals surface area contributed by atoms with Gasteiger partial charge in [0.2, 0.25) is 0 Å². The van der Waals surface area contributed by atoms with Crippen LogP contribution in [0.4, 0.5) is 0 Å². The number of aliphatic hydroxyl groups excluding tert-OH is 1. The van der Waals surface area contributed by atoms with Gasteiger partial charge in [0.15, 0.2) is 11.5 Å². The summed E-state index contributed by atoms with van der Waals surface area (Å²) < 4.78 is 4.86. The number of aromatic hydroxyl groups is 1. The van der Waals surface area contributed by atoms with Gasteiger partial charge in [-0.3, -0.25) is 0 Å². The fourth-order valence-electron chi connectivity index (χ4n) is 9.63. The lowest BCUT2D eigenvalue weighted by atomic mass is 9.47. The van der Waals surface area contributed by atoms with E-state index in [4.69, 9.17) is 9.84 Å². The van der Waals surface area contributed by atoms with Crippen molar-refractivity contribution < 1.29 is 24.9 Å². The Labute approximate surface area is 254 Å². The highest BCUT2D eigenvalue weighted by Gasteiger charge is 2.59. The van der Waals surface area contributed by atoms with Crippen LogP contribution in [0.1, 0.15) is 111 Å².